The lowest BCUT2D eigenvalue weighted by Gasteiger charge is -2.08. The van der Waals surface area contributed by atoms with Gasteiger partial charge >= 0.3 is 11.1 Å². The zero-order valence-electron chi connectivity index (χ0n) is 10.4. The van der Waals surface area contributed by atoms with E-state index in [9.17, 15) is 9.59 Å². The molecule has 0 radical (unpaired) electrons. The molecule has 2 N–H and O–H groups in total. The quantitative estimate of drug-likeness (QED) is 0.699. The summed E-state index contributed by atoms with van der Waals surface area (Å²) in [6.45, 7) is 0.362. The highest BCUT2D eigenvalue weighted by Gasteiger charge is 2.06. The Kier molecular flexibility index (Phi) is 3.04. The van der Waals surface area contributed by atoms with Gasteiger partial charge in [0, 0.05) is 12.3 Å². The highest BCUT2D eigenvalue weighted by molar-refractivity contribution is 5.76. The molecule has 0 saturated heterocycles. The number of fused-ring (bicyclic) bond motifs is 1. The summed E-state index contributed by atoms with van der Waals surface area (Å²) in [5.41, 5.74) is 0.220. The molecule has 6 heteroatoms. The van der Waals surface area contributed by atoms with E-state index in [1.54, 1.807) is 6.07 Å². The molecule has 0 atom stereocenters. The van der Waals surface area contributed by atoms with Crippen LogP contribution in [0.1, 0.15) is 5.56 Å². The summed E-state index contributed by atoms with van der Waals surface area (Å²) in [6.07, 6.45) is 1.51. The van der Waals surface area contributed by atoms with Gasteiger partial charge in [-0.15, -0.1) is 0 Å². The maximum absolute atomic E-state index is 11.4. The van der Waals surface area contributed by atoms with Gasteiger partial charge in [-0.3, -0.25) is 9.59 Å². The number of aromatic nitrogens is 3. The van der Waals surface area contributed by atoms with E-state index < -0.39 is 11.1 Å². The molecule has 0 spiro atoms. The maximum atomic E-state index is 11.4. The van der Waals surface area contributed by atoms with Crippen LogP contribution in [0.4, 0.5) is 0 Å². The highest BCUT2D eigenvalue weighted by atomic mass is 16.5. The standard InChI is InChI=1S/C14H11N3O3/c18-13-14(19)17-12-11(16-13)10(6-7-15-12)20-8-9-4-2-1-3-5-9/h1-7H,8H2,(H,16,18)(H,15,17,19). The Morgan fingerprint density at radius 3 is 2.55 bits per heavy atom. The largest absolute Gasteiger partial charge is 0.487 e. The number of pyridine rings is 1. The smallest absolute Gasteiger partial charge is 0.315 e. The number of nitrogens with one attached hydrogen (secondary N) is 2. The van der Waals surface area contributed by atoms with Gasteiger partial charge in [-0.05, 0) is 5.56 Å². The maximum Gasteiger partial charge on any atom is 0.315 e. The molecule has 0 amide bonds. The summed E-state index contributed by atoms with van der Waals surface area (Å²) in [5, 5.41) is 0. The number of H-pyrrole nitrogens is 2. The topological polar surface area (TPSA) is 87.8 Å². The fourth-order valence-electron chi connectivity index (χ4n) is 1.85. The van der Waals surface area contributed by atoms with Crippen LogP contribution in [0.2, 0.25) is 0 Å². The Morgan fingerprint density at radius 1 is 1.00 bits per heavy atom. The van der Waals surface area contributed by atoms with E-state index in [2.05, 4.69) is 15.0 Å². The number of hydrogen-bond acceptors (Lipinski definition) is 4. The summed E-state index contributed by atoms with van der Waals surface area (Å²) < 4.78 is 5.67. The number of benzene rings is 1. The van der Waals surface area contributed by atoms with Gasteiger partial charge in [0.15, 0.2) is 5.65 Å². The molecule has 2 aromatic heterocycles. The Hall–Kier alpha value is -2.89. The molecule has 6 nitrogen and oxygen atoms in total. The van der Waals surface area contributed by atoms with Crippen molar-refractivity contribution in [2.24, 2.45) is 0 Å². The molecule has 0 aliphatic carbocycles. The lowest BCUT2D eigenvalue weighted by atomic mass is 10.2. The molecule has 0 unspecified atom stereocenters. The van der Waals surface area contributed by atoms with Crippen molar-refractivity contribution in [2.75, 3.05) is 0 Å². The number of rotatable bonds is 3. The first kappa shape index (κ1) is 12.2. The average Bonchev–Trinajstić information content (AvgIpc) is 2.47. The number of nitrogens with zero attached hydrogens (tertiary/aromatic N) is 1. The van der Waals surface area contributed by atoms with E-state index in [0.29, 0.717) is 23.5 Å². The third-order valence-electron chi connectivity index (χ3n) is 2.83. The predicted molar refractivity (Wildman–Crippen MR) is 73.8 cm³/mol. The summed E-state index contributed by atoms with van der Waals surface area (Å²) >= 11 is 0. The van der Waals surface area contributed by atoms with Gasteiger partial charge in [0.05, 0.1) is 0 Å². The van der Waals surface area contributed by atoms with Gasteiger partial charge in [0.2, 0.25) is 0 Å². The Bertz CT molecular complexity index is 853. The zero-order chi connectivity index (χ0) is 13.9. The van der Waals surface area contributed by atoms with Crippen LogP contribution in [-0.2, 0) is 6.61 Å². The van der Waals surface area contributed by atoms with E-state index in [4.69, 9.17) is 4.74 Å². The second-order valence-corrected chi connectivity index (χ2v) is 4.22. The first-order chi connectivity index (χ1) is 9.74. The van der Waals surface area contributed by atoms with Gasteiger partial charge in [0.25, 0.3) is 0 Å². The van der Waals surface area contributed by atoms with E-state index >= 15 is 0 Å². The van der Waals surface area contributed by atoms with Crippen molar-refractivity contribution in [1.29, 1.82) is 0 Å². The summed E-state index contributed by atoms with van der Waals surface area (Å²) in [5.74, 6) is 0.465. The minimum Gasteiger partial charge on any atom is -0.487 e. The highest BCUT2D eigenvalue weighted by Crippen LogP contribution is 2.19. The molecule has 20 heavy (non-hydrogen) atoms. The van der Waals surface area contributed by atoms with E-state index in [1.807, 2.05) is 30.3 Å². The van der Waals surface area contributed by atoms with Gasteiger partial charge in [0.1, 0.15) is 17.9 Å². The number of ether oxygens (including phenoxy) is 1. The van der Waals surface area contributed by atoms with Gasteiger partial charge in [-0.1, -0.05) is 30.3 Å². The van der Waals surface area contributed by atoms with Crippen LogP contribution >= 0.6 is 0 Å². The second-order valence-electron chi connectivity index (χ2n) is 4.22. The molecule has 0 aliphatic heterocycles. The van der Waals surface area contributed by atoms with Crippen molar-refractivity contribution in [2.45, 2.75) is 6.61 Å². The van der Waals surface area contributed by atoms with Crippen LogP contribution in [0.5, 0.6) is 5.75 Å². The Labute approximate surface area is 113 Å². The molecule has 0 saturated carbocycles. The Morgan fingerprint density at radius 2 is 1.75 bits per heavy atom. The minimum absolute atomic E-state index is 0.292. The summed E-state index contributed by atoms with van der Waals surface area (Å²) in [6, 6.07) is 11.3. The molecule has 100 valence electrons. The molecule has 0 aliphatic rings. The Balaban J connectivity index is 1.97. The molecule has 3 rings (SSSR count). The molecule has 1 aromatic carbocycles. The monoisotopic (exact) mass is 269 g/mol. The van der Waals surface area contributed by atoms with Crippen LogP contribution in [0.25, 0.3) is 11.2 Å². The molecule has 3 aromatic rings. The molecular weight excluding hydrogens is 258 g/mol. The van der Waals surface area contributed by atoms with Crippen molar-refractivity contribution in [3.63, 3.8) is 0 Å². The van der Waals surface area contributed by atoms with Crippen LogP contribution in [-0.4, -0.2) is 15.0 Å². The molecule has 2 heterocycles. The van der Waals surface area contributed by atoms with Crippen molar-refractivity contribution < 1.29 is 4.74 Å². The molecular formula is C14H11N3O3. The van der Waals surface area contributed by atoms with Crippen molar-refractivity contribution in [3.8, 4) is 5.75 Å². The summed E-state index contributed by atoms with van der Waals surface area (Å²) in [4.78, 5) is 31.5. The van der Waals surface area contributed by atoms with Crippen molar-refractivity contribution in [3.05, 3.63) is 68.9 Å². The van der Waals surface area contributed by atoms with Gasteiger partial charge in [-0.2, -0.15) is 0 Å². The summed E-state index contributed by atoms with van der Waals surface area (Å²) in [7, 11) is 0. The SMILES string of the molecule is O=c1[nH]c2nccc(OCc3ccccc3)c2[nH]c1=O. The van der Waals surface area contributed by atoms with Crippen molar-refractivity contribution in [1.82, 2.24) is 15.0 Å². The van der Waals surface area contributed by atoms with Crippen LogP contribution in [0.3, 0.4) is 0 Å². The zero-order valence-corrected chi connectivity index (χ0v) is 10.4. The first-order valence-corrected chi connectivity index (χ1v) is 6.02. The van der Waals surface area contributed by atoms with Crippen molar-refractivity contribution >= 4 is 11.2 Å². The second kappa shape index (κ2) is 5.00. The first-order valence-electron chi connectivity index (χ1n) is 6.02. The van der Waals surface area contributed by atoms with E-state index in [0.717, 1.165) is 5.56 Å². The fraction of sp³-hybridized carbons (Fsp3) is 0.0714. The third kappa shape index (κ3) is 2.31. The van der Waals surface area contributed by atoms with E-state index in [-0.39, 0.29) is 0 Å². The fourth-order valence-corrected chi connectivity index (χ4v) is 1.85. The van der Waals surface area contributed by atoms with Gasteiger partial charge in [-0.25, -0.2) is 4.98 Å². The van der Waals surface area contributed by atoms with Crippen LogP contribution < -0.4 is 15.9 Å². The predicted octanol–water partition coefficient (Wildman–Crippen LogP) is 1.19. The lowest BCUT2D eigenvalue weighted by Crippen LogP contribution is -2.29. The van der Waals surface area contributed by atoms with Crippen LogP contribution in [0, 0.1) is 0 Å². The number of hydrogen-bond donors (Lipinski definition) is 2. The number of aromatic amines is 2. The molecule has 0 fully saturated rings. The third-order valence-corrected chi connectivity index (χ3v) is 2.83. The van der Waals surface area contributed by atoms with Crippen LogP contribution in [0.15, 0.2) is 52.2 Å². The normalized spacial score (nSPS) is 10.6. The minimum atomic E-state index is -0.731. The lowest BCUT2D eigenvalue weighted by molar-refractivity contribution is 0.309. The van der Waals surface area contributed by atoms with E-state index in [1.165, 1.54) is 6.20 Å². The average molecular weight is 269 g/mol. The molecule has 0 bridgehead atoms. The van der Waals surface area contributed by atoms with Gasteiger partial charge < -0.3 is 14.7 Å².